The molecule has 4 heteroatoms. The third-order valence-corrected chi connectivity index (χ3v) is 3.15. The summed E-state index contributed by atoms with van der Waals surface area (Å²) in [7, 11) is 0. The normalized spacial score (nSPS) is 11.7. The van der Waals surface area contributed by atoms with E-state index in [1.54, 1.807) is 6.07 Å². The molecular formula is C12H19NO3. The Morgan fingerprint density at radius 3 is 2.56 bits per heavy atom. The van der Waals surface area contributed by atoms with Crippen molar-refractivity contribution in [2.24, 2.45) is 0 Å². The highest BCUT2D eigenvalue weighted by atomic mass is 16.4. The number of carboxylic acid groups (broad SMARTS) is 1. The van der Waals surface area contributed by atoms with Gasteiger partial charge < -0.3 is 14.8 Å². The first-order chi connectivity index (χ1) is 7.50. The molecule has 0 aliphatic rings. The van der Waals surface area contributed by atoms with Crippen LogP contribution in [0.1, 0.15) is 49.7 Å². The highest BCUT2D eigenvalue weighted by Crippen LogP contribution is 2.15. The number of hydrogen-bond donors (Lipinski definition) is 2. The third kappa shape index (κ3) is 3.10. The van der Waals surface area contributed by atoms with E-state index in [1.165, 1.54) is 6.26 Å². The maximum absolute atomic E-state index is 10.6. The van der Waals surface area contributed by atoms with Crippen molar-refractivity contribution in [2.75, 3.05) is 0 Å². The van der Waals surface area contributed by atoms with Crippen LogP contribution >= 0.6 is 0 Å². The Hall–Kier alpha value is -1.29. The van der Waals surface area contributed by atoms with E-state index in [-0.39, 0.29) is 11.1 Å². The molecule has 0 spiro atoms. The number of aromatic carboxylic acids is 1. The van der Waals surface area contributed by atoms with Crippen LogP contribution in [0.15, 0.2) is 16.7 Å². The summed E-state index contributed by atoms with van der Waals surface area (Å²) >= 11 is 0. The molecule has 0 saturated carbocycles. The Balaban J connectivity index is 2.57. The molecule has 1 rings (SSSR count). The van der Waals surface area contributed by atoms with Crippen molar-refractivity contribution in [2.45, 2.75) is 45.7 Å². The Kier molecular flexibility index (Phi) is 4.12. The summed E-state index contributed by atoms with van der Waals surface area (Å²) in [6.07, 6.45) is 3.32. The summed E-state index contributed by atoms with van der Waals surface area (Å²) in [4.78, 5) is 10.6. The molecule has 16 heavy (non-hydrogen) atoms. The van der Waals surface area contributed by atoms with Crippen molar-refractivity contribution < 1.29 is 14.3 Å². The van der Waals surface area contributed by atoms with Crippen LogP contribution in [-0.4, -0.2) is 16.6 Å². The van der Waals surface area contributed by atoms with Crippen LogP contribution in [0.4, 0.5) is 0 Å². The van der Waals surface area contributed by atoms with Crippen LogP contribution in [0.3, 0.4) is 0 Å². The highest BCUT2D eigenvalue weighted by molar-refractivity contribution is 5.87. The largest absolute Gasteiger partial charge is 0.478 e. The summed E-state index contributed by atoms with van der Waals surface area (Å²) in [6, 6.07) is 1.56. The van der Waals surface area contributed by atoms with E-state index in [2.05, 4.69) is 26.1 Å². The number of rotatable bonds is 6. The maximum Gasteiger partial charge on any atom is 0.338 e. The van der Waals surface area contributed by atoms with Crippen molar-refractivity contribution in [1.82, 2.24) is 5.32 Å². The SMILES string of the molecule is CCC(C)(CC)NCc1cc(C(=O)O)co1. The molecule has 0 aliphatic heterocycles. The molecule has 0 atom stereocenters. The fourth-order valence-corrected chi connectivity index (χ4v) is 1.39. The van der Waals surface area contributed by atoms with Gasteiger partial charge in [-0.3, -0.25) is 0 Å². The van der Waals surface area contributed by atoms with Gasteiger partial charge in [0.2, 0.25) is 0 Å². The average Bonchev–Trinajstić information content (AvgIpc) is 2.75. The fourth-order valence-electron chi connectivity index (χ4n) is 1.39. The van der Waals surface area contributed by atoms with E-state index in [1.807, 2.05) is 0 Å². The molecule has 0 fully saturated rings. The summed E-state index contributed by atoms with van der Waals surface area (Å²) in [5, 5.41) is 12.1. The average molecular weight is 225 g/mol. The van der Waals surface area contributed by atoms with Gasteiger partial charge in [-0.2, -0.15) is 0 Å². The van der Waals surface area contributed by atoms with Gasteiger partial charge in [0, 0.05) is 5.54 Å². The van der Waals surface area contributed by atoms with E-state index < -0.39 is 5.97 Å². The van der Waals surface area contributed by atoms with Gasteiger partial charge in [-0.15, -0.1) is 0 Å². The first-order valence-electron chi connectivity index (χ1n) is 5.56. The van der Waals surface area contributed by atoms with Crippen LogP contribution in [-0.2, 0) is 6.54 Å². The minimum absolute atomic E-state index is 0.0795. The van der Waals surface area contributed by atoms with Crippen LogP contribution in [0.5, 0.6) is 0 Å². The quantitative estimate of drug-likeness (QED) is 0.781. The van der Waals surface area contributed by atoms with Crippen LogP contribution in [0.25, 0.3) is 0 Å². The second kappa shape index (κ2) is 5.16. The molecule has 1 aromatic rings. The summed E-state index contributed by atoms with van der Waals surface area (Å²) in [5.74, 6) is -0.297. The molecule has 1 heterocycles. The topological polar surface area (TPSA) is 62.5 Å². The standard InChI is InChI=1S/C12H19NO3/c1-4-12(3,5-2)13-7-10-6-9(8-16-10)11(14)15/h6,8,13H,4-5,7H2,1-3H3,(H,14,15). The predicted octanol–water partition coefficient (Wildman–Crippen LogP) is 2.65. The lowest BCUT2D eigenvalue weighted by atomic mass is 9.95. The lowest BCUT2D eigenvalue weighted by Gasteiger charge is -2.27. The first kappa shape index (κ1) is 12.8. The minimum Gasteiger partial charge on any atom is -0.478 e. The molecule has 0 amide bonds. The van der Waals surface area contributed by atoms with Gasteiger partial charge in [0.15, 0.2) is 0 Å². The molecule has 1 aromatic heterocycles. The Morgan fingerprint density at radius 2 is 2.12 bits per heavy atom. The zero-order valence-corrected chi connectivity index (χ0v) is 10.0. The fraction of sp³-hybridized carbons (Fsp3) is 0.583. The van der Waals surface area contributed by atoms with Crippen molar-refractivity contribution in [3.63, 3.8) is 0 Å². The molecule has 0 unspecified atom stereocenters. The summed E-state index contributed by atoms with van der Waals surface area (Å²) < 4.78 is 5.17. The monoisotopic (exact) mass is 225 g/mol. The van der Waals surface area contributed by atoms with E-state index >= 15 is 0 Å². The van der Waals surface area contributed by atoms with Gasteiger partial charge >= 0.3 is 5.97 Å². The van der Waals surface area contributed by atoms with E-state index in [9.17, 15) is 4.79 Å². The van der Waals surface area contributed by atoms with Gasteiger partial charge in [0.25, 0.3) is 0 Å². The predicted molar refractivity (Wildman–Crippen MR) is 61.5 cm³/mol. The summed E-state index contributed by atoms with van der Waals surface area (Å²) in [6.45, 7) is 6.96. The van der Waals surface area contributed by atoms with Gasteiger partial charge in [-0.25, -0.2) is 4.79 Å². The number of carboxylic acids is 1. The molecule has 0 bridgehead atoms. The lowest BCUT2D eigenvalue weighted by molar-refractivity contribution is 0.0696. The molecular weight excluding hydrogens is 206 g/mol. The van der Waals surface area contributed by atoms with E-state index in [0.29, 0.717) is 12.3 Å². The Bertz CT molecular complexity index is 353. The number of carbonyl (C=O) groups is 1. The zero-order valence-electron chi connectivity index (χ0n) is 10.0. The van der Waals surface area contributed by atoms with Crippen molar-refractivity contribution in [1.29, 1.82) is 0 Å². The highest BCUT2D eigenvalue weighted by Gasteiger charge is 2.19. The van der Waals surface area contributed by atoms with E-state index in [4.69, 9.17) is 9.52 Å². The molecule has 0 radical (unpaired) electrons. The molecule has 90 valence electrons. The second-order valence-corrected chi connectivity index (χ2v) is 4.23. The Labute approximate surface area is 95.7 Å². The van der Waals surface area contributed by atoms with E-state index in [0.717, 1.165) is 12.8 Å². The number of furan rings is 1. The zero-order chi connectivity index (χ0) is 12.2. The number of hydrogen-bond acceptors (Lipinski definition) is 3. The van der Waals surface area contributed by atoms with Crippen LogP contribution in [0, 0.1) is 0 Å². The molecule has 2 N–H and O–H groups in total. The van der Waals surface area contributed by atoms with Gasteiger partial charge in [-0.05, 0) is 25.8 Å². The second-order valence-electron chi connectivity index (χ2n) is 4.23. The molecule has 0 aliphatic carbocycles. The van der Waals surface area contributed by atoms with Crippen LogP contribution in [0.2, 0.25) is 0 Å². The smallest absolute Gasteiger partial charge is 0.338 e. The number of nitrogens with one attached hydrogen (secondary N) is 1. The maximum atomic E-state index is 10.6. The van der Waals surface area contributed by atoms with Gasteiger partial charge in [0.1, 0.15) is 12.0 Å². The molecule has 4 nitrogen and oxygen atoms in total. The van der Waals surface area contributed by atoms with Crippen molar-refractivity contribution in [3.8, 4) is 0 Å². The summed E-state index contributed by atoms with van der Waals surface area (Å²) in [5.41, 5.74) is 0.280. The van der Waals surface area contributed by atoms with Gasteiger partial charge in [0.05, 0.1) is 12.1 Å². The molecule has 0 aromatic carbocycles. The van der Waals surface area contributed by atoms with Crippen molar-refractivity contribution >= 4 is 5.97 Å². The first-order valence-corrected chi connectivity index (χ1v) is 5.56. The lowest BCUT2D eigenvalue weighted by Crippen LogP contribution is -2.40. The Morgan fingerprint density at radius 1 is 1.50 bits per heavy atom. The minimum atomic E-state index is -0.955. The molecule has 0 saturated heterocycles. The third-order valence-electron chi connectivity index (χ3n) is 3.15. The van der Waals surface area contributed by atoms with Gasteiger partial charge in [-0.1, -0.05) is 13.8 Å². The van der Waals surface area contributed by atoms with Crippen molar-refractivity contribution in [3.05, 3.63) is 23.7 Å². The van der Waals surface area contributed by atoms with Crippen LogP contribution < -0.4 is 5.32 Å².